The van der Waals surface area contributed by atoms with E-state index in [0.717, 1.165) is 82.1 Å². The van der Waals surface area contributed by atoms with Crippen molar-refractivity contribution in [3.63, 3.8) is 0 Å². The van der Waals surface area contributed by atoms with Gasteiger partial charge in [-0.2, -0.15) is 0 Å². The number of amides is 2. The van der Waals surface area contributed by atoms with Crippen LogP contribution in [0.3, 0.4) is 0 Å². The van der Waals surface area contributed by atoms with Gasteiger partial charge in [0, 0.05) is 31.5 Å². The molecule has 2 unspecified atom stereocenters. The molecular formula is C32H41F2N5O4. The van der Waals surface area contributed by atoms with Gasteiger partial charge in [0.25, 0.3) is 0 Å². The van der Waals surface area contributed by atoms with Gasteiger partial charge in [-0.3, -0.25) is 9.88 Å². The number of esters is 1. The minimum atomic E-state index is -2.31. The van der Waals surface area contributed by atoms with Crippen LogP contribution in [0.2, 0.25) is 0 Å². The van der Waals surface area contributed by atoms with Gasteiger partial charge in [0.05, 0.1) is 31.0 Å². The Hall–Kier alpha value is -3.57. The second-order valence-corrected chi connectivity index (χ2v) is 11.7. The van der Waals surface area contributed by atoms with Crippen LogP contribution < -0.4 is 10.6 Å². The van der Waals surface area contributed by atoms with Crippen LogP contribution in [0.25, 0.3) is 0 Å². The lowest BCUT2D eigenvalue weighted by Gasteiger charge is -2.41. The highest BCUT2D eigenvalue weighted by atomic mass is 19.2. The molecule has 0 radical (unpaired) electrons. The van der Waals surface area contributed by atoms with Crippen molar-refractivity contribution in [2.24, 2.45) is 0 Å². The minimum Gasteiger partial charge on any atom is -0.466 e. The average molecular weight is 598 g/mol. The fourth-order valence-corrected chi connectivity index (χ4v) is 6.08. The Balaban J connectivity index is 1.32. The summed E-state index contributed by atoms with van der Waals surface area (Å²) in [4.78, 5) is 35.3. The van der Waals surface area contributed by atoms with Crippen molar-refractivity contribution >= 4 is 12.0 Å². The summed E-state index contributed by atoms with van der Waals surface area (Å²) in [5, 5.41) is 6.25. The first-order valence-electron chi connectivity index (χ1n) is 15.0. The Bertz CT molecular complexity index is 1310. The largest absolute Gasteiger partial charge is 0.466 e. The van der Waals surface area contributed by atoms with E-state index in [2.05, 4.69) is 26.6 Å². The van der Waals surface area contributed by atoms with Crippen LogP contribution >= 0.6 is 0 Å². The molecule has 1 aromatic rings. The molecule has 2 amide bonds. The maximum absolute atomic E-state index is 15.3. The molecule has 2 N–H and O–H groups in total. The van der Waals surface area contributed by atoms with E-state index in [1.54, 1.807) is 0 Å². The number of hydrogen-bond acceptors (Lipinski definition) is 7. The number of likely N-dealkylation sites (tertiary alicyclic amines) is 1. The fourth-order valence-electron chi connectivity index (χ4n) is 6.08. The summed E-state index contributed by atoms with van der Waals surface area (Å²) >= 11 is 0. The number of aromatic nitrogens is 1. The monoisotopic (exact) mass is 597 g/mol. The summed E-state index contributed by atoms with van der Waals surface area (Å²) in [5.74, 6) is 0.387. The van der Waals surface area contributed by atoms with Gasteiger partial charge in [0.1, 0.15) is 5.82 Å². The molecule has 4 aliphatic rings. The smallest absolute Gasteiger partial charge is 0.338 e. The zero-order valence-corrected chi connectivity index (χ0v) is 25.1. The molecule has 3 heterocycles. The first-order chi connectivity index (χ1) is 20.7. The Labute approximate surface area is 251 Å². The van der Waals surface area contributed by atoms with Crippen LogP contribution in [-0.4, -0.2) is 91.7 Å². The van der Waals surface area contributed by atoms with E-state index in [-0.39, 0.29) is 17.9 Å². The Morgan fingerprint density at radius 2 is 2.00 bits per heavy atom. The van der Waals surface area contributed by atoms with E-state index < -0.39 is 29.9 Å². The number of halogens is 2. The highest BCUT2D eigenvalue weighted by Crippen LogP contribution is 2.39. The van der Waals surface area contributed by atoms with Crippen molar-refractivity contribution in [1.82, 2.24) is 25.4 Å². The summed E-state index contributed by atoms with van der Waals surface area (Å²) in [6.07, 6.45) is 8.30. The van der Waals surface area contributed by atoms with Crippen LogP contribution in [0.1, 0.15) is 50.6 Å². The number of nitrogens with zero attached hydrogens (tertiary/aromatic N) is 3. The lowest BCUT2D eigenvalue weighted by Crippen LogP contribution is -2.56. The number of urea groups is 1. The molecule has 2 aliphatic heterocycles. The number of ether oxygens (including phenoxy) is 2. The van der Waals surface area contributed by atoms with Crippen LogP contribution in [0, 0.1) is 0 Å². The lowest BCUT2D eigenvalue weighted by atomic mass is 9.85. The van der Waals surface area contributed by atoms with Gasteiger partial charge in [-0.05, 0) is 94.1 Å². The van der Waals surface area contributed by atoms with Gasteiger partial charge < -0.3 is 25.0 Å². The molecule has 5 rings (SSSR count). The van der Waals surface area contributed by atoms with Gasteiger partial charge in [-0.15, -0.1) is 0 Å². The number of hydrogen-bond donors (Lipinski definition) is 2. The zero-order chi connectivity index (χ0) is 30.6. The molecule has 0 bridgehead atoms. The van der Waals surface area contributed by atoms with Gasteiger partial charge in [-0.25, -0.2) is 18.4 Å². The molecule has 3 atom stereocenters. The van der Waals surface area contributed by atoms with E-state index in [1.807, 2.05) is 18.3 Å². The third kappa shape index (κ3) is 6.99. The van der Waals surface area contributed by atoms with Crippen molar-refractivity contribution in [1.29, 1.82) is 0 Å². The highest BCUT2D eigenvalue weighted by Gasteiger charge is 2.45. The van der Waals surface area contributed by atoms with Gasteiger partial charge in [-0.1, -0.05) is 12.1 Å². The Morgan fingerprint density at radius 3 is 2.63 bits per heavy atom. The third-order valence-electron chi connectivity index (χ3n) is 8.50. The Morgan fingerprint density at radius 1 is 1.23 bits per heavy atom. The first-order valence-corrected chi connectivity index (χ1v) is 15.0. The second kappa shape index (κ2) is 13.4. The van der Waals surface area contributed by atoms with E-state index >= 15 is 4.39 Å². The van der Waals surface area contributed by atoms with Crippen LogP contribution in [0.5, 0.6) is 0 Å². The highest BCUT2D eigenvalue weighted by molar-refractivity contribution is 5.96. The molecule has 232 valence electrons. The summed E-state index contributed by atoms with van der Waals surface area (Å²) < 4.78 is 40.0. The summed E-state index contributed by atoms with van der Waals surface area (Å²) in [6.45, 7) is 4.58. The second-order valence-electron chi connectivity index (χ2n) is 11.7. The fraction of sp³-hybridized carbons (Fsp3) is 0.531. The van der Waals surface area contributed by atoms with E-state index in [1.165, 1.54) is 25.2 Å². The Kier molecular flexibility index (Phi) is 9.61. The maximum atomic E-state index is 15.3. The topological polar surface area (TPSA) is 96.0 Å². The van der Waals surface area contributed by atoms with Crippen molar-refractivity contribution in [3.05, 3.63) is 76.6 Å². The number of allylic oxidation sites excluding steroid dienone is 3. The van der Waals surface area contributed by atoms with Gasteiger partial charge >= 0.3 is 12.0 Å². The van der Waals surface area contributed by atoms with Crippen molar-refractivity contribution in [3.8, 4) is 0 Å². The number of nitrogens with one attached hydrogen (secondary N) is 2. The molecule has 2 aliphatic carbocycles. The number of pyridine rings is 1. The molecule has 2 fully saturated rings. The molecule has 1 saturated heterocycles. The molecule has 11 heteroatoms. The van der Waals surface area contributed by atoms with Crippen LogP contribution in [-0.2, 0) is 14.3 Å². The summed E-state index contributed by atoms with van der Waals surface area (Å²) in [5.41, 5.74) is 0.514. The number of methoxy groups -OCH3 is 2. The van der Waals surface area contributed by atoms with E-state index in [4.69, 9.17) is 9.47 Å². The molecule has 9 nitrogen and oxygen atoms in total. The number of alkyl halides is 2. The lowest BCUT2D eigenvalue weighted by molar-refractivity contribution is -0.136. The van der Waals surface area contributed by atoms with E-state index in [0.29, 0.717) is 23.9 Å². The van der Waals surface area contributed by atoms with E-state index in [9.17, 15) is 14.0 Å². The predicted molar refractivity (Wildman–Crippen MR) is 158 cm³/mol. The average Bonchev–Trinajstić information content (AvgIpc) is 3.85. The normalized spacial score (nSPS) is 26.3. The zero-order valence-electron chi connectivity index (χ0n) is 25.1. The quantitative estimate of drug-likeness (QED) is 0.291. The maximum Gasteiger partial charge on any atom is 0.338 e. The van der Waals surface area contributed by atoms with Gasteiger partial charge in [0.2, 0.25) is 0 Å². The van der Waals surface area contributed by atoms with Crippen molar-refractivity contribution in [2.45, 2.75) is 62.8 Å². The molecule has 1 aromatic heterocycles. The number of piperidine rings is 1. The molecule has 1 saturated carbocycles. The standard InChI is InChI=1S/C32H41F2N5O4/c1-32(34)19-23(10-11-26(32)33)28-27(30(40)43-3)25(20-42-2)37-31(41)39(28)29(22-8-9-22)36-15-6-16-38-17-12-21(13-18-38)24-7-4-5-14-35-24/h4-5,7,10-11,14,19,21,26,28,36H,6,8-9,12-13,15-18,20H2,1-3H3,(H,37,41)/t26?,28-,32?/m0/s1. The minimum absolute atomic E-state index is 0.0630. The molecule has 43 heavy (non-hydrogen) atoms. The molecule has 0 aromatic carbocycles. The number of rotatable bonds is 11. The first kappa shape index (κ1) is 30.9. The summed E-state index contributed by atoms with van der Waals surface area (Å²) in [6, 6.07) is 4.56. The third-order valence-corrected chi connectivity index (χ3v) is 8.50. The molecule has 0 spiro atoms. The van der Waals surface area contributed by atoms with Crippen LogP contribution in [0.15, 0.2) is 70.9 Å². The predicted octanol–water partition coefficient (Wildman–Crippen LogP) is 4.28. The number of carbonyl (C=O) groups is 2. The molecular weight excluding hydrogens is 556 g/mol. The summed E-state index contributed by atoms with van der Waals surface area (Å²) in [7, 11) is 2.69. The van der Waals surface area contributed by atoms with Gasteiger partial charge in [0.15, 0.2) is 11.8 Å². The number of carbonyl (C=O) groups excluding carboxylic acids is 2. The SMILES string of the molecule is COCC1=C(C(=O)OC)[C@H](C2=CC(C)(F)C(F)C=C2)N(C(NCCCN2CCC(c3ccccn3)CC2)=C2CC2)C(=O)N1. The van der Waals surface area contributed by atoms with Crippen LogP contribution in [0.4, 0.5) is 13.6 Å². The van der Waals surface area contributed by atoms with Crippen molar-refractivity contribution < 1.29 is 27.8 Å². The van der Waals surface area contributed by atoms with Crippen molar-refractivity contribution in [2.75, 3.05) is 47.0 Å².